The minimum absolute atomic E-state index is 0.0762. The zero-order valence-corrected chi connectivity index (χ0v) is 24.1. The summed E-state index contributed by atoms with van der Waals surface area (Å²) in [6.07, 6.45) is 1.56. The minimum atomic E-state index is -4.07. The van der Waals surface area contributed by atoms with Crippen LogP contribution in [0.3, 0.4) is 0 Å². The number of nitrogens with zero attached hydrogens (tertiary/aromatic N) is 3. The van der Waals surface area contributed by atoms with Gasteiger partial charge < -0.3 is 4.57 Å². The summed E-state index contributed by atoms with van der Waals surface area (Å²) < 4.78 is 30.5. The van der Waals surface area contributed by atoms with Crippen molar-refractivity contribution < 1.29 is 13.2 Å². The Kier molecular flexibility index (Phi) is 8.28. The van der Waals surface area contributed by atoms with E-state index in [2.05, 4.69) is 39.4 Å². The maximum Gasteiger partial charge on any atom is 0.264 e. The van der Waals surface area contributed by atoms with Gasteiger partial charge in [0.1, 0.15) is 6.54 Å². The molecule has 9 heteroatoms. The van der Waals surface area contributed by atoms with Crippen molar-refractivity contribution in [1.29, 1.82) is 0 Å². The molecule has 1 amide bonds. The van der Waals surface area contributed by atoms with Crippen molar-refractivity contribution in [1.82, 2.24) is 9.99 Å². The molecule has 3 aromatic carbocycles. The summed E-state index contributed by atoms with van der Waals surface area (Å²) in [6, 6.07) is 21.6. The molecule has 1 N–H and O–H groups in total. The van der Waals surface area contributed by atoms with Crippen LogP contribution >= 0.6 is 11.6 Å². The van der Waals surface area contributed by atoms with Crippen LogP contribution in [-0.4, -0.2) is 31.7 Å². The standard InChI is InChI=1S/C30H31ClN4O3S/c1-20-6-12-27(13-7-20)35-23(4)16-25(24(35)5)18-32-33-30(36)19-34(29-17-26(31)11-10-22(29)3)39(37,38)28-14-8-21(2)9-15-28/h6-18H,19H2,1-5H3,(H,33,36)/b32-18-. The molecule has 0 spiro atoms. The number of anilines is 1. The van der Waals surface area contributed by atoms with Gasteiger partial charge >= 0.3 is 0 Å². The van der Waals surface area contributed by atoms with Gasteiger partial charge in [0.15, 0.2) is 0 Å². The Bertz CT molecular complexity index is 1640. The highest BCUT2D eigenvalue weighted by Gasteiger charge is 2.28. The first-order chi connectivity index (χ1) is 18.5. The lowest BCUT2D eigenvalue weighted by molar-refractivity contribution is -0.119. The smallest absolute Gasteiger partial charge is 0.264 e. The van der Waals surface area contributed by atoms with Crippen molar-refractivity contribution >= 4 is 39.4 Å². The largest absolute Gasteiger partial charge is 0.318 e. The summed E-state index contributed by atoms with van der Waals surface area (Å²) in [4.78, 5) is 13.1. The fourth-order valence-corrected chi connectivity index (χ4v) is 5.98. The predicted molar refractivity (Wildman–Crippen MR) is 158 cm³/mol. The number of amides is 1. The van der Waals surface area contributed by atoms with E-state index in [1.54, 1.807) is 43.5 Å². The number of hydrogen-bond donors (Lipinski definition) is 1. The molecule has 0 aliphatic carbocycles. The number of nitrogens with one attached hydrogen (secondary N) is 1. The average molecular weight is 563 g/mol. The van der Waals surface area contributed by atoms with Crippen LogP contribution in [0.5, 0.6) is 0 Å². The second-order valence-electron chi connectivity index (χ2n) is 9.55. The molecule has 7 nitrogen and oxygen atoms in total. The number of aromatic nitrogens is 1. The van der Waals surface area contributed by atoms with E-state index in [4.69, 9.17) is 11.6 Å². The minimum Gasteiger partial charge on any atom is -0.318 e. The van der Waals surface area contributed by atoms with E-state index in [9.17, 15) is 13.2 Å². The lowest BCUT2D eigenvalue weighted by Gasteiger charge is -2.25. The number of carbonyl (C=O) groups excluding carboxylic acids is 1. The zero-order valence-electron chi connectivity index (χ0n) is 22.6. The number of carbonyl (C=O) groups is 1. The highest BCUT2D eigenvalue weighted by Crippen LogP contribution is 2.29. The van der Waals surface area contributed by atoms with Crippen LogP contribution < -0.4 is 9.73 Å². The number of sulfonamides is 1. The Balaban J connectivity index is 1.58. The number of hydrogen-bond acceptors (Lipinski definition) is 4. The van der Waals surface area contributed by atoms with Crippen molar-refractivity contribution in [3.8, 4) is 5.69 Å². The summed E-state index contributed by atoms with van der Waals surface area (Å²) in [5.41, 5.74) is 9.43. The third-order valence-electron chi connectivity index (χ3n) is 6.49. The van der Waals surface area contributed by atoms with E-state index in [1.807, 2.05) is 33.8 Å². The van der Waals surface area contributed by atoms with Crippen molar-refractivity contribution in [3.05, 3.63) is 111 Å². The van der Waals surface area contributed by atoms with Gasteiger partial charge in [-0.15, -0.1) is 0 Å². The van der Waals surface area contributed by atoms with Crippen LogP contribution in [0, 0.1) is 34.6 Å². The lowest BCUT2D eigenvalue weighted by Crippen LogP contribution is -2.40. The Hall–Kier alpha value is -3.88. The fourth-order valence-electron chi connectivity index (χ4n) is 4.34. The molecule has 0 saturated carbocycles. The van der Waals surface area contributed by atoms with Crippen LogP contribution in [0.1, 0.15) is 33.6 Å². The summed E-state index contributed by atoms with van der Waals surface area (Å²) in [6.45, 7) is 9.19. The highest BCUT2D eigenvalue weighted by atomic mass is 35.5. The van der Waals surface area contributed by atoms with E-state index in [1.165, 1.54) is 17.7 Å². The van der Waals surface area contributed by atoms with E-state index < -0.39 is 22.5 Å². The van der Waals surface area contributed by atoms with Crippen LogP contribution in [-0.2, 0) is 14.8 Å². The number of halogens is 1. The summed E-state index contributed by atoms with van der Waals surface area (Å²) in [7, 11) is -4.07. The Labute approximate surface area is 234 Å². The number of rotatable bonds is 8. The lowest BCUT2D eigenvalue weighted by atomic mass is 10.2. The molecular formula is C30H31ClN4O3S. The van der Waals surface area contributed by atoms with Gasteiger partial charge in [-0.2, -0.15) is 5.10 Å². The predicted octanol–water partition coefficient (Wildman–Crippen LogP) is 6.02. The molecule has 202 valence electrons. The van der Waals surface area contributed by atoms with Crippen LogP contribution in [0.4, 0.5) is 5.69 Å². The fraction of sp³-hybridized carbons (Fsp3) is 0.200. The molecule has 4 aromatic rings. The van der Waals surface area contributed by atoms with E-state index in [0.717, 1.165) is 32.5 Å². The van der Waals surface area contributed by atoms with Gasteiger partial charge in [0, 0.05) is 27.7 Å². The SMILES string of the molecule is Cc1ccc(-n2c(C)cc(/C=N\NC(=O)CN(c3cc(Cl)ccc3C)S(=O)(=O)c3ccc(C)cc3)c2C)cc1. The van der Waals surface area contributed by atoms with Gasteiger partial charge in [0.25, 0.3) is 15.9 Å². The second kappa shape index (κ2) is 11.5. The van der Waals surface area contributed by atoms with Crippen LogP contribution in [0.15, 0.2) is 82.8 Å². The zero-order chi connectivity index (χ0) is 28.3. The molecule has 0 radical (unpaired) electrons. The van der Waals surface area contributed by atoms with E-state index in [-0.39, 0.29) is 4.90 Å². The average Bonchev–Trinajstić information content (AvgIpc) is 3.17. The van der Waals surface area contributed by atoms with Gasteiger partial charge in [-0.05, 0) is 82.6 Å². The third-order valence-corrected chi connectivity index (χ3v) is 8.50. The highest BCUT2D eigenvalue weighted by molar-refractivity contribution is 7.92. The van der Waals surface area contributed by atoms with Crippen molar-refractivity contribution in [2.45, 2.75) is 39.5 Å². The molecule has 1 aromatic heterocycles. The topological polar surface area (TPSA) is 83.8 Å². The van der Waals surface area contributed by atoms with Crippen LogP contribution in [0.25, 0.3) is 5.69 Å². The van der Waals surface area contributed by atoms with Crippen molar-refractivity contribution in [2.24, 2.45) is 5.10 Å². The van der Waals surface area contributed by atoms with Gasteiger partial charge in [-0.3, -0.25) is 9.10 Å². The maximum atomic E-state index is 13.6. The molecule has 0 saturated heterocycles. The number of benzene rings is 3. The molecule has 0 bridgehead atoms. The van der Waals surface area contributed by atoms with E-state index in [0.29, 0.717) is 16.3 Å². The first kappa shape index (κ1) is 28.1. The van der Waals surface area contributed by atoms with Crippen LogP contribution in [0.2, 0.25) is 5.02 Å². The molecule has 0 atom stereocenters. The monoisotopic (exact) mass is 562 g/mol. The summed E-state index contributed by atoms with van der Waals surface area (Å²) in [5.74, 6) is -0.589. The van der Waals surface area contributed by atoms with Gasteiger partial charge in [0.05, 0.1) is 16.8 Å². The normalized spacial score (nSPS) is 11.6. The summed E-state index contributed by atoms with van der Waals surface area (Å²) >= 11 is 6.20. The first-order valence-electron chi connectivity index (χ1n) is 12.4. The molecular weight excluding hydrogens is 532 g/mol. The molecule has 1 heterocycles. The quantitative estimate of drug-likeness (QED) is 0.210. The van der Waals surface area contributed by atoms with E-state index >= 15 is 0 Å². The Morgan fingerprint density at radius 1 is 0.923 bits per heavy atom. The second-order valence-corrected chi connectivity index (χ2v) is 11.8. The van der Waals surface area contributed by atoms with Gasteiger partial charge in [-0.1, -0.05) is 53.1 Å². The molecule has 0 fully saturated rings. The molecule has 0 aliphatic heterocycles. The van der Waals surface area contributed by atoms with Crippen molar-refractivity contribution in [2.75, 3.05) is 10.8 Å². The Morgan fingerprint density at radius 3 is 2.18 bits per heavy atom. The molecule has 4 rings (SSSR count). The molecule has 39 heavy (non-hydrogen) atoms. The Morgan fingerprint density at radius 2 is 1.54 bits per heavy atom. The molecule has 0 unspecified atom stereocenters. The van der Waals surface area contributed by atoms with Gasteiger partial charge in [0.2, 0.25) is 0 Å². The van der Waals surface area contributed by atoms with Gasteiger partial charge in [-0.25, -0.2) is 13.8 Å². The third kappa shape index (κ3) is 6.24. The summed E-state index contributed by atoms with van der Waals surface area (Å²) in [5, 5.41) is 4.50. The molecule has 0 aliphatic rings. The number of aryl methyl sites for hydroxylation is 4. The number of hydrazone groups is 1. The maximum absolute atomic E-state index is 13.6. The first-order valence-corrected chi connectivity index (χ1v) is 14.2. The van der Waals surface area contributed by atoms with Crippen molar-refractivity contribution in [3.63, 3.8) is 0 Å².